The highest BCUT2D eigenvalue weighted by atomic mass is 79.9. The number of nitrogen functional groups attached to an aromatic ring is 1. The van der Waals surface area contributed by atoms with Crippen LogP contribution in [0.4, 0.5) is 5.82 Å². The van der Waals surface area contributed by atoms with Crippen LogP contribution in [-0.2, 0) is 22.5 Å². The van der Waals surface area contributed by atoms with Crippen molar-refractivity contribution in [1.82, 2.24) is 5.10 Å². The van der Waals surface area contributed by atoms with Gasteiger partial charge >= 0.3 is 5.97 Å². The number of halogens is 1. The van der Waals surface area contributed by atoms with Crippen LogP contribution in [0.25, 0.3) is 10.8 Å². The van der Waals surface area contributed by atoms with E-state index in [1.807, 2.05) is 48.0 Å². The fourth-order valence-corrected chi connectivity index (χ4v) is 3.11. The number of aromatic nitrogens is 2. The molecular formula is C21H24BrN3O2. The summed E-state index contributed by atoms with van der Waals surface area (Å²) in [7, 11) is 0. The molecule has 0 atom stereocenters. The normalized spacial score (nSPS) is 10.4. The third-order valence-electron chi connectivity index (χ3n) is 4.32. The summed E-state index contributed by atoms with van der Waals surface area (Å²) in [5.74, 6) is 0.333. The smallest absolute Gasteiger partial charge is 0.306 e. The monoisotopic (exact) mass is 429 g/mol. The van der Waals surface area contributed by atoms with Gasteiger partial charge in [-0.05, 0) is 18.6 Å². The van der Waals surface area contributed by atoms with Crippen molar-refractivity contribution in [1.29, 1.82) is 0 Å². The van der Waals surface area contributed by atoms with E-state index in [-0.39, 0.29) is 23.0 Å². The van der Waals surface area contributed by atoms with E-state index in [2.05, 4.69) is 23.3 Å². The molecule has 142 valence electrons. The molecule has 0 bridgehead atoms. The summed E-state index contributed by atoms with van der Waals surface area (Å²) >= 11 is 0. The number of benzene rings is 2. The molecule has 0 aliphatic rings. The van der Waals surface area contributed by atoms with Gasteiger partial charge in [-0.15, -0.1) is 0 Å². The lowest BCUT2D eigenvalue weighted by atomic mass is 10.0. The molecule has 2 aromatic carbocycles. The second-order valence-electron chi connectivity index (χ2n) is 6.17. The van der Waals surface area contributed by atoms with Gasteiger partial charge in [0.2, 0.25) is 5.69 Å². The molecule has 6 heteroatoms. The number of hydrogen-bond donors (Lipinski definition) is 1. The minimum absolute atomic E-state index is 0. The Hall–Kier alpha value is -2.47. The molecule has 1 aromatic heterocycles. The van der Waals surface area contributed by atoms with Gasteiger partial charge in [0, 0.05) is 16.9 Å². The number of fused-ring (bicyclic) bond motifs is 1. The summed E-state index contributed by atoms with van der Waals surface area (Å²) in [6.45, 7) is 2.85. The molecule has 1 heterocycles. The number of carbonyl (C=O) groups excluding carboxylic acids is 1. The maximum Gasteiger partial charge on any atom is 0.306 e. The molecule has 27 heavy (non-hydrogen) atoms. The average molecular weight is 430 g/mol. The largest absolute Gasteiger partial charge is 1.00 e. The molecule has 0 saturated heterocycles. The van der Waals surface area contributed by atoms with Crippen LogP contribution in [0.3, 0.4) is 0 Å². The van der Waals surface area contributed by atoms with Crippen LogP contribution in [0.1, 0.15) is 31.0 Å². The maximum absolute atomic E-state index is 11.6. The van der Waals surface area contributed by atoms with E-state index in [0.717, 1.165) is 22.9 Å². The van der Waals surface area contributed by atoms with E-state index in [1.54, 1.807) is 0 Å². The predicted molar refractivity (Wildman–Crippen MR) is 101 cm³/mol. The van der Waals surface area contributed by atoms with E-state index < -0.39 is 0 Å². The fraction of sp³-hybridized carbons (Fsp3) is 0.286. The summed E-state index contributed by atoms with van der Waals surface area (Å²) in [4.78, 5) is 11.6. The predicted octanol–water partition coefficient (Wildman–Crippen LogP) is 0.0426. The van der Waals surface area contributed by atoms with E-state index in [4.69, 9.17) is 10.5 Å². The zero-order chi connectivity index (χ0) is 18.4. The van der Waals surface area contributed by atoms with Crippen molar-refractivity contribution in [2.75, 3.05) is 12.3 Å². The topological polar surface area (TPSA) is 69.1 Å². The molecular weight excluding hydrogens is 406 g/mol. The lowest BCUT2D eigenvalue weighted by Gasteiger charge is -2.08. The summed E-state index contributed by atoms with van der Waals surface area (Å²) < 4.78 is 6.94. The van der Waals surface area contributed by atoms with Gasteiger partial charge in [-0.2, -0.15) is 0 Å². The minimum atomic E-state index is -0.175. The number of rotatable bonds is 7. The van der Waals surface area contributed by atoms with Gasteiger partial charge in [0.25, 0.3) is 0 Å². The number of hydrogen-bond acceptors (Lipinski definition) is 4. The van der Waals surface area contributed by atoms with Crippen molar-refractivity contribution < 1.29 is 31.2 Å². The molecule has 0 spiro atoms. The van der Waals surface area contributed by atoms with Gasteiger partial charge in [-0.25, -0.2) is 0 Å². The number of ether oxygens (including phenoxy) is 1. The van der Waals surface area contributed by atoms with Crippen LogP contribution < -0.4 is 27.4 Å². The molecule has 0 saturated carbocycles. The van der Waals surface area contributed by atoms with Crippen molar-refractivity contribution in [2.45, 2.75) is 32.7 Å². The number of anilines is 1. The number of carbonyl (C=O) groups is 1. The Balaban J connectivity index is 0.00000261. The first-order chi connectivity index (χ1) is 12.7. The van der Waals surface area contributed by atoms with E-state index >= 15 is 0 Å². The van der Waals surface area contributed by atoms with Crippen molar-refractivity contribution in [3.8, 4) is 0 Å². The quantitative estimate of drug-likeness (QED) is 0.425. The van der Waals surface area contributed by atoms with Crippen LogP contribution in [0.15, 0.2) is 54.6 Å². The molecule has 0 aliphatic heterocycles. The first-order valence-corrected chi connectivity index (χ1v) is 8.95. The van der Waals surface area contributed by atoms with Crippen LogP contribution in [0.5, 0.6) is 0 Å². The Bertz CT molecular complexity index is 901. The lowest BCUT2D eigenvalue weighted by molar-refractivity contribution is -0.757. The van der Waals surface area contributed by atoms with Crippen molar-refractivity contribution in [2.24, 2.45) is 0 Å². The number of nitrogens with two attached hydrogens (primary N) is 1. The summed E-state index contributed by atoms with van der Waals surface area (Å²) in [5.41, 5.74) is 8.49. The third-order valence-corrected chi connectivity index (χ3v) is 4.32. The maximum atomic E-state index is 11.6. The first-order valence-electron chi connectivity index (χ1n) is 8.95. The number of aryl methyl sites for hydroxylation is 1. The van der Waals surface area contributed by atoms with Crippen LogP contribution in [-0.4, -0.2) is 17.7 Å². The fourth-order valence-electron chi connectivity index (χ4n) is 3.11. The molecule has 5 nitrogen and oxygen atoms in total. The molecule has 0 unspecified atom stereocenters. The molecule has 2 N–H and O–H groups in total. The second kappa shape index (κ2) is 10.0. The summed E-state index contributed by atoms with van der Waals surface area (Å²) in [6.07, 6.45) is 1.80. The highest BCUT2D eigenvalue weighted by Gasteiger charge is 2.20. The molecule has 3 rings (SSSR count). The van der Waals surface area contributed by atoms with Gasteiger partial charge < -0.3 is 27.5 Å². The first kappa shape index (κ1) is 20.8. The van der Waals surface area contributed by atoms with Crippen LogP contribution >= 0.6 is 0 Å². The van der Waals surface area contributed by atoms with Crippen molar-refractivity contribution in [3.05, 3.63) is 65.9 Å². The molecule has 3 aromatic rings. The number of nitrogens with zero attached hydrogens (tertiary/aromatic N) is 2. The summed E-state index contributed by atoms with van der Waals surface area (Å²) in [6, 6.07) is 18.3. The van der Waals surface area contributed by atoms with Crippen LogP contribution in [0, 0.1) is 0 Å². The Morgan fingerprint density at radius 2 is 1.74 bits per heavy atom. The third kappa shape index (κ3) is 5.26. The lowest BCUT2D eigenvalue weighted by Crippen LogP contribution is -3.00. The Labute approximate surface area is 169 Å². The van der Waals surface area contributed by atoms with Gasteiger partial charge in [-0.3, -0.25) is 4.79 Å². The summed E-state index contributed by atoms with van der Waals surface area (Å²) in [5, 5.41) is 6.64. The van der Waals surface area contributed by atoms with Gasteiger partial charge in [0.15, 0.2) is 12.4 Å². The highest BCUT2D eigenvalue weighted by molar-refractivity contribution is 5.91. The number of esters is 1. The molecule has 0 fully saturated rings. The SMILES string of the molecule is CCOC(=O)CCC[n+]1nc(N)c2ccccc2c1Cc1ccccc1.[Br-]. The molecule has 0 radical (unpaired) electrons. The van der Waals surface area contributed by atoms with Gasteiger partial charge in [0.05, 0.1) is 24.8 Å². The standard InChI is InChI=1S/C21H24N3O2.BrH/c1-2-26-20(25)13-8-14-24-19(15-16-9-4-3-5-10-16)17-11-6-7-12-18(17)21(22)23-24;/h3-7,9-12H,2,8,13-15H2,1H3,(H2,22,23);1H/q+1;/p-1. The average Bonchev–Trinajstić information content (AvgIpc) is 2.66. The molecule has 0 amide bonds. The van der Waals surface area contributed by atoms with Gasteiger partial charge in [0.1, 0.15) is 0 Å². The van der Waals surface area contributed by atoms with Gasteiger partial charge in [-0.1, -0.05) is 53.2 Å². The Morgan fingerprint density at radius 1 is 1.07 bits per heavy atom. The Morgan fingerprint density at radius 3 is 2.44 bits per heavy atom. The zero-order valence-electron chi connectivity index (χ0n) is 15.4. The van der Waals surface area contributed by atoms with E-state index in [1.165, 1.54) is 5.56 Å². The minimum Gasteiger partial charge on any atom is -1.00 e. The zero-order valence-corrected chi connectivity index (χ0v) is 17.0. The van der Waals surface area contributed by atoms with E-state index in [9.17, 15) is 4.79 Å². The van der Waals surface area contributed by atoms with Crippen molar-refractivity contribution >= 4 is 22.6 Å². The Kier molecular flexibility index (Phi) is 7.73. The second-order valence-corrected chi connectivity index (χ2v) is 6.17. The van der Waals surface area contributed by atoms with Crippen molar-refractivity contribution in [3.63, 3.8) is 0 Å². The van der Waals surface area contributed by atoms with E-state index in [0.29, 0.717) is 31.8 Å². The highest BCUT2D eigenvalue weighted by Crippen LogP contribution is 2.22. The van der Waals surface area contributed by atoms with Crippen LogP contribution in [0.2, 0.25) is 0 Å². The molecule has 0 aliphatic carbocycles.